The van der Waals surface area contributed by atoms with Gasteiger partial charge in [0, 0.05) is 0 Å². The average Bonchev–Trinajstić information content (AvgIpc) is 3.22. The lowest BCUT2D eigenvalue weighted by Crippen LogP contribution is -2.71. The first kappa shape index (κ1) is 33.3. The SMILES string of the molecule is CC1(C)CC2C3=CCC4C5(C)CCC(O)C(C)(C)C5CCC4(C)C3(C)CC(O)C2(COC2OC(CO)C(O)C2O)C(O)C1O. The Morgan fingerprint density at radius 2 is 1.50 bits per heavy atom. The maximum atomic E-state index is 12.3. The Morgan fingerprint density at radius 3 is 2.14 bits per heavy atom. The summed E-state index contributed by atoms with van der Waals surface area (Å²) in [6.07, 6.45) is -0.670. The lowest BCUT2D eigenvalue weighted by atomic mass is 9.33. The highest BCUT2D eigenvalue weighted by Gasteiger charge is 2.72. The van der Waals surface area contributed by atoms with Gasteiger partial charge < -0.3 is 45.2 Å². The van der Waals surface area contributed by atoms with Crippen LogP contribution in [0, 0.1) is 50.2 Å². The number of fused-ring (bicyclic) bond motifs is 7. The van der Waals surface area contributed by atoms with Gasteiger partial charge in [0.25, 0.3) is 0 Å². The molecule has 252 valence electrons. The van der Waals surface area contributed by atoms with Crippen LogP contribution in [0.1, 0.15) is 93.4 Å². The third-order valence-corrected chi connectivity index (χ3v) is 15.1. The smallest absolute Gasteiger partial charge is 0.186 e. The van der Waals surface area contributed by atoms with Gasteiger partial charge in [-0.3, -0.25) is 0 Å². The largest absolute Gasteiger partial charge is 0.394 e. The number of hydrogen-bond acceptors (Lipinski definition) is 9. The molecule has 0 aromatic carbocycles. The number of rotatable bonds is 4. The lowest BCUT2D eigenvalue weighted by molar-refractivity contribution is -0.278. The Morgan fingerprint density at radius 1 is 0.818 bits per heavy atom. The molecule has 0 radical (unpaired) electrons. The molecule has 4 saturated carbocycles. The number of ether oxygens (including phenoxy) is 2. The van der Waals surface area contributed by atoms with E-state index in [4.69, 9.17) is 9.47 Å². The zero-order chi connectivity index (χ0) is 32.4. The minimum atomic E-state index is -1.39. The molecule has 0 aromatic heterocycles. The van der Waals surface area contributed by atoms with E-state index in [-0.39, 0.29) is 40.3 Å². The summed E-state index contributed by atoms with van der Waals surface area (Å²) in [5, 5.41) is 77.2. The van der Waals surface area contributed by atoms with Gasteiger partial charge in [0.1, 0.15) is 18.3 Å². The van der Waals surface area contributed by atoms with E-state index in [0.29, 0.717) is 24.7 Å². The van der Waals surface area contributed by atoms with E-state index in [2.05, 4.69) is 40.7 Å². The van der Waals surface area contributed by atoms with Crippen LogP contribution in [0.5, 0.6) is 0 Å². The highest BCUT2D eigenvalue weighted by molar-refractivity contribution is 5.36. The van der Waals surface area contributed by atoms with Crippen LogP contribution in [0.15, 0.2) is 11.6 Å². The Labute approximate surface area is 262 Å². The third-order valence-electron chi connectivity index (χ3n) is 15.1. The molecule has 0 amide bonds. The fourth-order valence-electron chi connectivity index (χ4n) is 12.1. The number of hydrogen-bond donors (Lipinski definition) is 7. The van der Waals surface area contributed by atoms with Gasteiger partial charge in [-0.05, 0) is 89.8 Å². The molecule has 9 nitrogen and oxygen atoms in total. The van der Waals surface area contributed by atoms with Crippen LogP contribution < -0.4 is 0 Å². The monoisotopic (exact) mass is 622 g/mol. The van der Waals surface area contributed by atoms with E-state index >= 15 is 0 Å². The van der Waals surface area contributed by atoms with Crippen molar-refractivity contribution in [1.82, 2.24) is 0 Å². The Kier molecular flexibility index (Phi) is 7.90. The molecule has 1 aliphatic heterocycles. The van der Waals surface area contributed by atoms with Gasteiger partial charge in [-0.1, -0.05) is 60.1 Å². The highest BCUT2D eigenvalue weighted by Crippen LogP contribution is 2.75. The predicted molar refractivity (Wildman–Crippen MR) is 163 cm³/mol. The Balaban J connectivity index is 1.40. The van der Waals surface area contributed by atoms with Gasteiger partial charge in [0.05, 0.1) is 43.0 Å². The van der Waals surface area contributed by atoms with E-state index in [0.717, 1.165) is 32.1 Å². The van der Waals surface area contributed by atoms with Gasteiger partial charge >= 0.3 is 0 Å². The van der Waals surface area contributed by atoms with Gasteiger partial charge in [-0.2, -0.15) is 0 Å². The molecule has 0 spiro atoms. The predicted octanol–water partition coefficient (Wildman–Crippen LogP) is 2.52. The number of aliphatic hydroxyl groups excluding tert-OH is 7. The second kappa shape index (κ2) is 10.4. The van der Waals surface area contributed by atoms with Crippen LogP contribution >= 0.6 is 0 Å². The van der Waals surface area contributed by atoms with Crippen molar-refractivity contribution in [3.8, 4) is 0 Å². The van der Waals surface area contributed by atoms with Crippen molar-refractivity contribution in [2.45, 2.75) is 142 Å². The highest BCUT2D eigenvalue weighted by atomic mass is 16.7. The summed E-state index contributed by atoms with van der Waals surface area (Å²) in [5.41, 5.74) is -1.26. The minimum absolute atomic E-state index is 0.0466. The molecule has 7 N–H and O–H groups in total. The first-order chi connectivity index (χ1) is 20.3. The number of aliphatic hydroxyl groups is 7. The molecule has 5 aliphatic carbocycles. The molecule has 6 rings (SSSR count). The standard InChI is InChI=1S/C35H58O9/c1-30(2)14-19-18-8-9-22-32(5)12-11-23(37)31(3,4)21(32)10-13-33(22,6)34(18,7)15-24(38)35(19,28(42)27(30)41)17-43-29-26(40)25(39)20(16-36)44-29/h8,19-29,36-42H,9-17H2,1-7H3. The molecule has 1 saturated heterocycles. The minimum Gasteiger partial charge on any atom is -0.394 e. The Hall–Kier alpha value is -0.620. The normalized spacial score (nSPS) is 56.1. The zero-order valence-corrected chi connectivity index (χ0v) is 27.7. The van der Waals surface area contributed by atoms with Crippen LogP contribution in [0.3, 0.4) is 0 Å². The first-order valence-electron chi connectivity index (χ1n) is 17.0. The topological polar surface area (TPSA) is 160 Å². The molecule has 44 heavy (non-hydrogen) atoms. The molecule has 1 heterocycles. The van der Waals surface area contributed by atoms with Crippen molar-refractivity contribution < 1.29 is 45.2 Å². The summed E-state index contributed by atoms with van der Waals surface area (Å²) >= 11 is 0. The van der Waals surface area contributed by atoms with E-state index in [1.807, 2.05) is 13.8 Å². The van der Waals surface area contributed by atoms with Crippen molar-refractivity contribution in [2.24, 2.45) is 50.2 Å². The van der Waals surface area contributed by atoms with Crippen molar-refractivity contribution >= 4 is 0 Å². The second-order valence-electron chi connectivity index (χ2n) is 17.7. The van der Waals surface area contributed by atoms with E-state index in [1.54, 1.807) is 0 Å². The zero-order valence-electron chi connectivity index (χ0n) is 27.7. The maximum absolute atomic E-state index is 12.3. The summed E-state index contributed by atoms with van der Waals surface area (Å²) in [6, 6.07) is 0. The van der Waals surface area contributed by atoms with Crippen LogP contribution in [-0.2, 0) is 9.47 Å². The van der Waals surface area contributed by atoms with Crippen LogP contribution in [0.4, 0.5) is 0 Å². The van der Waals surface area contributed by atoms with Gasteiger partial charge in [-0.25, -0.2) is 0 Å². The molecule has 15 unspecified atom stereocenters. The quantitative estimate of drug-likeness (QED) is 0.234. The molecule has 15 atom stereocenters. The molecular formula is C35H58O9. The van der Waals surface area contributed by atoms with Crippen molar-refractivity contribution in [1.29, 1.82) is 0 Å². The third kappa shape index (κ3) is 4.16. The van der Waals surface area contributed by atoms with Crippen molar-refractivity contribution in [2.75, 3.05) is 13.2 Å². The van der Waals surface area contributed by atoms with E-state index in [9.17, 15) is 35.7 Å². The summed E-state index contributed by atoms with van der Waals surface area (Å²) < 4.78 is 11.7. The summed E-state index contributed by atoms with van der Waals surface area (Å²) in [6.45, 7) is 14.9. The average molecular weight is 623 g/mol. The number of allylic oxidation sites excluding steroid dienone is 2. The van der Waals surface area contributed by atoms with Crippen molar-refractivity contribution in [3.63, 3.8) is 0 Å². The van der Waals surface area contributed by atoms with E-state index < -0.39 is 60.4 Å². The van der Waals surface area contributed by atoms with E-state index in [1.165, 1.54) is 5.57 Å². The van der Waals surface area contributed by atoms with Crippen molar-refractivity contribution in [3.05, 3.63) is 11.6 Å². The molecule has 9 heteroatoms. The van der Waals surface area contributed by atoms with Gasteiger partial charge in [0.2, 0.25) is 0 Å². The lowest BCUT2D eigenvalue weighted by Gasteiger charge is -2.72. The fourth-order valence-corrected chi connectivity index (χ4v) is 12.1. The molecule has 6 aliphatic rings. The summed E-state index contributed by atoms with van der Waals surface area (Å²) in [7, 11) is 0. The molecule has 0 aromatic rings. The summed E-state index contributed by atoms with van der Waals surface area (Å²) in [5.74, 6) is 0.476. The van der Waals surface area contributed by atoms with Gasteiger partial charge in [-0.15, -0.1) is 0 Å². The van der Waals surface area contributed by atoms with Crippen LogP contribution in [0.25, 0.3) is 0 Å². The van der Waals surface area contributed by atoms with Gasteiger partial charge in [0.15, 0.2) is 6.29 Å². The van der Waals surface area contributed by atoms with Crippen LogP contribution in [0.2, 0.25) is 0 Å². The summed E-state index contributed by atoms with van der Waals surface area (Å²) in [4.78, 5) is 0. The molecule has 0 bridgehead atoms. The maximum Gasteiger partial charge on any atom is 0.186 e. The fraction of sp³-hybridized carbons (Fsp3) is 0.943. The molecule has 5 fully saturated rings. The molecular weight excluding hydrogens is 564 g/mol. The second-order valence-corrected chi connectivity index (χ2v) is 17.7. The Bertz CT molecular complexity index is 1160. The van der Waals surface area contributed by atoms with Crippen LogP contribution in [-0.4, -0.2) is 98.0 Å². The first-order valence-corrected chi connectivity index (χ1v) is 17.0.